The Morgan fingerprint density at radius 2 is 1.91 bits per heavy atom. The SMILES string of the molecule is O=C(CCNc1ccc(Cl)cc1)N1CCCc2ccccc21. The van der Waals surface area contributed by atoms with Gasteiger partial charge in [0.15, 0.2) is 0 Å². The van der Waals surface area contributed by atoms with E-state index in [9.17, 15) is 4.79 Å². The quantitative estimate of drug-likeness (QED) is 0.920. The molecule has 0 fully saturated rings. The molecule has 4 heteroatoms. The number of para-hydroxylation sites is 1. The minimum absolute atomic E-state index is 0.175. The molecule has 0 unspecified atom stereocenters. The van der Waals surface area contributed by atoms with Crippen molar-refractivity contribution < 1.29 is 4.79 Å². The van der Waals surface area contributed by atoms with Crippen molar-refractivity contribution in [2.45, 2.75) is 19.3 Å². The van der Waals surface area contributed by atoms with Crippen molar-refractivity contribution >= 4 is 28.9 Å². The first-order valence-electron chi connectivity index (χ1n) is 7.62. The Morgan fingerprint density at radius 1 is 1.14 bits per heavy atom. The third-order valence-electron chi connectivity index (χ3n) is 3.92. The molecule has 0 radical (unpaired) electrons. The fourth-order valence-corrected chi connectivity index (χ4v) is 2.94. The number of anilines is 2. The summed E-state index contributed by atoms with van der Waals surface area (Å²) >= 11 is 5.86. The highest BCUT2D eigenvalue weighted by Gasteiger charge is 2.21. The summed E-state index contributed by atoms with van der Waals surface area (Å²) in [6.07, 6.45) is 2.58. The van der Waals surface area contributed by atoms with Crippen LogP contribution in [-0.4, -0.2) is 19.0 Å². The summed E-state index contributed by atoms with van der Waals surface area (Å²) < 4.78 is 0. The van der Waals surface area contributed by atoms with E-state index >= 15 is 0 Å². The molecular formula is C18H19ClN2O. The first kappa shape index (κ1) is 14.9. The zero-order valence-corrected chi connectivity index (χ0v) is 13.1. The molecule has 1 aliphatic rings. The number of amides is 1. The van der Waals surface area contributed by atoms with Gasteiger partial charge in [0.25, 0.3) is 0 Å². The maximum Gasteiger partial charge on any atom is 0.228 e. The minimum atomic E-state index is 0.175. The molecule has 1 N–H and O–H groups in total. The largest absolute Gasteiger partial charge is 0.385 e. The van der Waals surface area contributed by atoms with Crippen molar-refractivity contribution in [2.75, 3.05) is 23.3 Å². The van der Waals surface area contributed by atoms with Crippen molar-refractivity contribution in [2.24, 2.45) is 0 Å². The van der Waals surface area contributed by atoms with E-state index < -0.39 is 0 Å². The fourth-order valence-electron chi connectivity index (χ4n) is 2.81. The molecule has 0 bridgehead atoms. The predicted molar refractivity (Wildman–Crippen MR) is 91.7 cm³/mol. The van der Waals surface area contributed by atoms with Crippen LogP contribution >= 0.6 is 11.6 Å². The Kier molecular flexibility index (Phi) is 4.64. The van der Waals surface area contributed by atoms with Crippen LogP contribution in [0.3, 0.4) is 0 Å². The van der Waals surface area contributed by atoms with Crippen LogP contribution in [0.4, 0.5) is 11.4 Å². The average Bonchev–Trinajstić information content (AvgIpc) is 2.56. The normalized spacial score (nSPS) is 13.6. The lowest BCUT2D eigenvalue weighted by Crippen LogP contribution is -2.36. The van der Waals surface area contributed by atoms with E-state index in [2.05, 4.69) is 11.4 Å². The second-order valence-electron chi connectivity index (χ2n) is 5.46. The fraction of sp³-hybridized carbons (Fsp3) is 0.278. The van der Waals surface area contributed by atoms with Gasteiger partial charge in [0.05, 0.1) is 0 Å². The van der Waals surface area contributed by atoms with Gasteiger partial charge in [-0.1, -0.05) is 29.8 Å². The van der Waals surface area contributed by atoms with Gasteiger partial charge in [-0.25, -0.2) is 0 Å². The molecule has 0 aromatic heterocycles. The summed E-state index contributed by atoms with van der Waals surface area (Å²) in [7, 11) is 0. The maximum atomic E-state index is 12.5. The van der Waals surface area contributed by atoms with Crippen molar-refractivity contribution in [3.8, 4) is 0 Å². The van der Waals surface area contributed by atoms with Crippen LogP contribution in [0.5, 0.6) is 0 Å². The number of aryl methyl sites for hydroxylation is 1. The van der Waals surface area contributed by atoms with Crippen LogP contribution in [0.2, 0.25) is 5.02 Å². The summed E-state index contributed by atoms with van der Waals surface area (Å²) in [4.78, 5) is 14.4. The predicted octanol–water partition coefficient (Wildman–Crippen LogP) is 4.12. The number of rotatable bonds is 4. The third-order valence-corrected chi connectivity index (χ3v) is 4.18. The summed E-state index contributed by atoms with van der Waals surface area (Å²) in [5, 5.41) is 3.97. The zero-order chi connectivity index (χ0) is 15.4. The van der Waals surface area contributed by atoms with Gasteiger partial charge in [0.1, 0.15) is 0 Å². The molecule has 114 valence electrons. The number of nitrogens with zero attached hydrogens (tertiary/aromatic N) is 1. The highest BCUT2D eigenvalue weighted by molar-refractivity contribution is 6.30. The highest BCUT2D eigenvalue weighted by Crippen LogP contribution is 2.27. The molecule has 0 saturated heterocycles. The lowest BCUT2D eigenvalue weighted by Gasteiger charge is -2.29. The van der Waals surface area contributed by atoms with Gasteiger partial charge in [0, 0.05) is 35.9 Å². The number of hydrogen-bond acceptors (Lipinski definition) is 2. The number of hydrogen-bond donors (Lipinski definition) is 1. The van der Waals surface area contributed by atoms with E-state index in [4.69, 9.17) is 11.6 Å². The number of halogens is 1. The zero-order valence-electron chi connectivity index (χ0n) is 12.4. The van der Waals surface area contributed by atoms with Crippen molar-refractivity contribution in [1.82, 2.24) is 0 Å². The summed E-state index contributed by atoms with van der Waals surface area (Å²) in [6, 6.07) is 15.7. The summed E-state index contributed by atoms with van der Waals surface area (Å²) in [6.45, 7) is 1.44. The van der Waals surface area contributed by atoms with Crippen molar-refractivity contribution in [1.29, 1.82) is 0 Å². The summed E-state index contributed by atoms with van der Waals surface area (Å²) in [5.41, 5.74) is 3.33. The molecule has 0 saturated carbocycles. The van der Waals surface area contributed by atoms with Gasteiger partial charge in [-0.3, -0.25) is 4.79 Å². The van der Waals surface area contributed by atoms with Gasteiger partial charge in [-0.05, 0) is 48.7 Å². The smallest absolute Gasteiger partial charge is 0.228 e. The van der Waals surface area contributed by atoms with E-state index in [0.717, 1.165) is 30.8 Å². The Labute approximate surface area is 135 Å². The van der Waals surface area contributed by atoms with Gasteiger partial charge < -0.3 is 10.2 Å². The molecule has 0 spiro atoms. The number of carbonyl (C=O) groups excluding carboxylic acids is 1. The molecule has 1 aliphatic heterocycles. The van der Waals surface area contributed by atoms with Crippen LogP contribution in [-0.2, 0) is 11.2 Å². The first-order chi connectivity index (χ1) is 10.7. The first-order valence-corrected chi connectivity index (χ1v) is 7.99. The van der Waals surface area contributed by atoms with E-state index in [1.54, 1.807) is 0 Å². The number of carbonyl (C=O) groups is 1. The topological polar surface area (TPSA) is 32.3 Å². The van der Waals surface area contributed by atoms with Crippen LogP contribution in [0.15, 0.2) is 48.5 Å². The molecule has 0 atom stereocenters. The molecule has 2 aromatic carbocycles. The van der Waals surface area contributed by atoms with Crippen LogP contribution < -0.4 is 10.2 Å². The van der Waals surface area contributed by atoms with E-state index in [1.165, 1.54) is 5.56 Å². The van der Waals surface area contributed by atoms with Crippen molar-refractivity contribution in [3.05, 3.63) is 59.1 Å². The molecule has 22 heavy (non-hydrogen) atoms. The molecule has 1 amide bonds. The Balaban J connectivity index is 1.58. The number of nitrogens with one attached hydrogen (secondary N) is 1. The second kappa shape index (κ2) is 6.84. The Hall–Kier alpha value is -2.00. The molecule has 3 rings (SSSR count). The molecule has 0 aliphatic carbocycles. The van der Waals surface area contributed by atoms with Gasteiger partial charge in [0.2, 0.25) is 5.91 Å². The van der Waals surface area contributed by atoms with E-state index in [-0.39, 0.29) is 5.91 Å². The lowest BCUT2D eigenvalue weighted by molar-refractivity contribution is -0.118. The van der Waals surface area contributed by atoms with Crippen LogP contribution in [0, 0.1) is 0 Å². The van der Waals surface area contributed by atoms with Gasteiger partial charge >= 0.3 is 0 Å². The minimum Gasteiger partial charge on any atom is -0.385 e. The molecule has 1 heterocycles. The van der Waals surface area contributed by atoms with E-state index in [1.807, 2.05) is 47.4 Å². The van der Waals surface area contributed by atoms with E-state index in [0.29, 0.717) is 18.0 Å². The van der Waals surface area contributed by atoms with Gasteiger partial charge in [-0.2, -0.15) is 0 Å². The monoisotopic (exact) mass is 314 g/mol. The number of benzene rings is 2. The maximum absolute atomic E-state index is 12.5. The van der Waals surface area contributed by atoms with Gasteiger partial charge in [-0.15, -0.1) is 0 Å². The highest BCUT2D eigenvalue weighted by atomic mass is 35.5. The summed E-state index contributed by atoms with van der Waals surface area (Å²) in [5.74, 6) is 0.175. The molecule has 3 nitrogen and oxygen atoms in total. The lowest BCUT2D eigenvalue weighted by atomic mass is 10.0. The Bertz CT molecular complexity index is 654. The number of fused-ring (bicyclic) bond motifs is 1. The molecule has 2 aromatic rings. The third kappa shape index (κ3) is 3.42. The second-order valence-corrected chi connectivity index (χ2v) is 5.90. The van der Waals surface area contributed by atoms with Crippen LogP contribution in [0.1, 0.15) is 18.4 Å². The van der Waals surface area contributed by atoms with Crippen LogP contribution in [0.25, 0.3) is 0 Å². The average molecular weight is 315 g/mol. The standard InChI is InChI=1S/C18H19ClN2O/c19-15-7-9-16(10-8-15)20-12-11-18(22)21-13-3-5-14-4-1-2-6-17(14)21/h1-2,4,6-10,20H,3,5,11-13H2. The Morgan fingerprint density at radius 3 is 2.73 bits per heavy atom. The molecular weight excluding hydrogens is 296 g/mol. The van der Waals surface area contributed by atoms with Crippen molar-refractivity contribution in [3.63, 3.8) is 0 Å².